The monoisotopic (exact) mass is 326 g/mol. The maximum Gasteiger partial charge on any atom is 0.161 e. The van der Waals surface area contributed by atoms with E-state index in [1.807, 2.05) is 54.6 Å². The van der Waals surface area contributed by atoms with E-state index in [-0.39, 0.29) is 6.10 Å². The summed E-state index contributed by atoms with van der Waals surface area (Å²) in [4.78, 5) is 4.39. The molecule has 116 valence electrons. The number of ether oxygens (including phenoxy) is 2. The van der Waals surface area contributed by atoms with Crippen LogP contribution in [0.3, 0.4) is 0 Å². The molecule has 0 saturated carbocycles. The predicted molar refractivity (Wildman–Crippen MR) is 91.6 cm³/mol. The summed E-state index contributed by atoms with van der Waals surface area (Å²) in [6.45, 7) is 1.10. The summed E-state index contributed by atoms with van der Waals surface area (Å²) in [6, 6.07) is 17.6. The lowest BCUT2D eigenvalue weighted by atomic mass is 10.2. The number of aromatic nitrogens is 1. The van der Waals surface area contributed by atoms with Gasteiger partial charge in [-0.25, -0.2) is 4.98 Å². The number of hydrogen-bond acceptors (Lipinski definition) is 4. The third-order valence-corrected chi connectivity index (χ3v) is 4.06. The van der Waals surface area contributed by atoms with Gasteiger partial charge in [0, 0.05) is 5.39 Å². The van der Waals surface area contributed by atoms with Crippen molar-refractivity contribution in [3.8, 4) is 11.5 Å². The Morgan fingerprint density at radius 3 is 2.78 bits per heavy atom. The molecule has 4 rings (SSSR count). The zero-order valence-corrected chi connectivity index (χ0v) is 13.1. The van der Waals surface area contributed by atoms with Gasteiger partial charge in [0.25, 0.3) is 0 Å². The molecule has 0 spiro atoms. The SMILES string of the molecule is Clc1nc(NC[C@@H]2COc3ccccc3O2)cc2ccccc12. The highest BCUT2D eigenvalue weighted by Gasteiger charge is 2.20. The van der Waals surface area contributed by atoms with Crippen molar-refractivity contribution in [1.82, 2.24) is 4.98 Å². The number of fused-ring (bicyclic) bond motifs is 2. The van der Waals surface area contributed by atoms with Crippen molar-refractivity contribution in [2.45, 2.75) is 6.10 Å². The number of nitrogens with zero attached hydrogens (tertiary/aromatic N) is 1. The Labute approximate surface area is 139 Å². The van der Waals surface area contributed by atoms with Crippen molar-refractivity contribution < 1.29 is 9.47 Å². The summed E-state index contributed by atoms with van der Waals surface area (Å²) in [7, 11) is 0. The standard InChI is InChI=1S/C18H15ClN2O2/c19-18-14-6-2-1-5-12(14)9-17(21-18)20-10-13-11-22-15-7-3-4-8-16(15)23-13/h1-9,13H,10-11H2,(H,20,21)/t13-/m1/s1. The Balaban J connectivity index is 1.48. The molecular formula is C18H15ClN2O2. The number of benzene rings is 2. The van der Waals surface area contributed by atoms with Crippen molar-refractivity contribution in [3.05, 3.63) is 59.8 Å². The van der Waals surface area contributed by atoms with Crippen LogP contribution in [0.25, 0.3) is 10.8 Å². The maximum atomic E-state index is 6.24. The van der Waals surface area contributed by atoms with Gasteiger partial charge in [-0.2, -0.15) is 0 Å². The Hall–Kier alpha value is -2.46. The molecule has 23 heavy (non-hydrogen) atoms. The number of pyridine rings is 1. The van der Waals surface area contributed by atoms with E-state index in [0.717, 1.165) is 28.1 Å². The molecule has 0 amide bonds. The molecule has 0 saturated heterocycles. The second kappa shape index (κ2) is 5.97. The summed E-state index contributed by atoms with van der Waals surface area (Å²) in [6.07, 6.45) is -0.0723. The molecule has 1 aliphatic rings. The van der Waals surface area contributed by atoms with E-state index >= 15 is 0 Å². The van der Waals surface area contributed by atoms with Crippen LogP contribution in [0.2, 0.25) is 5.15 Å². The minimum Gasteiger partial charge on any atom is -0.486 e. The van der Waals surface area contributed by atoms with Crippen LogP contribution < -0.4 is 14.8 Å². The molecular weight excluding hydrogens is 312 g/mol. The molecule has 0 fully saturated rings. The molecule has 0 bridgehead atoms. The van der Waals surface area contributed by atoms with Gasteiger partial charge in [0.15, 0.2) is 11.5 Å². The van der Waals surface area contributed by atoms with Crippen LogP contribution in [0, 0.1) is 0 Å². The average Bonchev–Trinajstić information content (AvgIpc) is 2.60. The van der Waals surface area contributed by atoms with Crippen molar-refractivity contribution in [1.29, 1.82) is 0 Å². The van der Waals surface area contributed by atoms with E-state index in [0.29, 0.717) is 18.3 Å². The highest BCUT2D eigenvalue weighted by atomic mass is 35.5. The van der Waals surface area contributed by atoms with E-state index in [2.05, 4.69) is 10.3 Å². The fraction of sp³-hybridized carbons (Fsp3) is 0.167. The fourth-order valence-corrected chi connectivity index (χ4v) is 2.89. The van der Waals surface area contributed by atoms with Crippen molar-refractivity contribution in [2.75, 3.05) is 18.5 Å². The Morgan fingerprint density at radius 1 is 1.09 bits per heavy atom. The summed E-state index contributed by atoms with van der Waals surface area (Å²) in [5, 5.41) is 5.78. The van der Waals surface area contributed by atoms with Crippen LogP contribution in [-0.2, 0) is 0 Å². The largest absolute Gasteiger partial charge is 0.486 e. The lowest BCUT2D eigenvalue weighted by molar-refractivity contribution is 0.0997. The predicted octanol–water partition coefficient (Wildman–Crippen LogP) is 4.14. The number of anilines is 1. The summed E-state index contributed by atoms with van der Waals surface area (Å²) in [5.74, 6) is 2.29. The normalized spacial score (nSPS) is 16.3. The lowest BCUT2D eigenvalue weighted by Gasteiger charge is -2.26. The number of halogens is 1. The first kappa shape index (κ1) is 14.2. The van der Waals surface area contributed by atoms with Gasteiger partial charge in [-0.05, 0) is 23.6 Å². The van der Waals surface area contributed by atoms with E-state index in [4.69, 9.17) is 21.1 Å². The zero-order valence-electron chi connectivity index (χ0n) is 12.3. The van der Waals surface area contributed by atoms with E-state index in [1.54, 1.807) is 0 Å². The minimum atomic E-state index is -0.0723. The number of rotatable bonds is 3. The molecule has 1 aliphatic heterocycles. The molecule has 1 aromatic heterocycles. The third-order valence-electron chi connectivity index (χ3n) is 3.77. The molecule has 2 aromatic carbocycles. The molecule has 2 heterocycles. The smallest absolute Gasteiger partial charge is 0.161 e. The second-order valence-corrected chi connectivity index (χ2v) is 5.76. The Kier molecular flexibility index (Phi) is 3.67. The van der Waals surface area contributed by atoms with Crippen LogP contribution in [0.1, 0.15) is 0 Å². The van der Waals surface area contributed by atoms with Crippen molar-refractivity contribution in [2.24, 2.45) is 0 Å². The van der Waals surface area contributed by atoms with Gasteiger partial charge in [-0.15, -0.1) is 0 Å². The highest BCUT2D eigenvalue weighted by molar-refractivity contribution is 6.34. The van der Waals surface area contributed by atoms with Gasteiger partial charge < -0.3 is 14.8 Å². The summed E-state index contributed by atoms with van der Waals surface area (Å²) < 4.78 is 11.6. The first-order valence-electron chi connectivity index (χ1n) is 7.47. The van der Waals surface area contributed by atoms with E-state index in [9.17, 15) is 0 Å². The summed E-state index contributed by atoms with van der Waals surface area (Å²) in [5.41, 5.74) is 0. The Morgan fingerprint density at radius 2 is 1.87 bits per heavy atom. The van der Waals surface area contributed by atoms with Gasteiger partial charge in [-0.3, -0.25) is 0 Å². The van der Waals surface area contributed by atoms with Gasteiger partial charge in [-0.1, -0.05) is 48.0 Å². The quantitative estimate of drug-likeness (QED) is 0.735. The first-order valence-corrected chi connectivity index (χ1v) is 7.85. The topological polar surface area (TPSA) is 43.4 Å². The average molecular weight is 327 g/mol. The maximum absolute atomic E-state index is 6.24. The van der Waals surface area contributed by atoms with Crippen LogP contribution in [0.15, 0.2) is 54.6 Å². The molecule has 4 nitrogen and oxygen atoms in total. The third kappa shape index (κ3) is 2.90. The molecule has 0 radical (unpaired) electrons. The molecule has 5 heteroatoms. The molecule has 1 N–H and O–H groups in total. The van der Waals surface area contributed by atoms with Crippen molar-refractivity contribution in [3.63, 3.8) is 0 Å². The molecule has 0 aliphatic carbocycles. The van der Waals surface area contributed by atoms with Gasteiger partial charge in [0.1, 0.15) is 23.7 Å². The lowest BCUT2D eigenvalue weighted by Crippen LogP contribution is -2.35. The van der Waals surface area contributed by atoms with Crippen LogP contribution in [0.5, 0.6) is 11.5 Å². The zero-order chi connectivity index (χ0) is 15.6. The second-order valence-electron chi connectivity index (χ2n) is 5.40. The molecule has 3 aromatic rings. The van der Waals surface area contributed by atoms with Gasteiger partial charge >= 0.3 is 0 Å². The van der Waals surface area contributed by atoms with Crippen LogP contribution >= 0.6 is 11.6 Å². The minimum absolute atomic E-state index is 0.0723. The Bertz CT molecular complexity index is 853. The van der Waals surface area contributed by atoms with Gasteiger partial charge in [0.2, 0.25) is 0 Å². The number of para-hydroxylation sites is 2. The number of hydrogen-bond donors (Lipinski definition) is 1. The molecule has 0 unspecified atom stereocenters. The van der Waals surface area contributed by atoms with Gasteiger partial charge in [0.05, 0.1) is 6.54 Å². The van der Waals surface area contributed by atoms with Crippen molar-refractivity contribution >= 4 is 28.2 Å². The first-order chi connectivity index (χ1) is 11.3. The van der Waals surface area contributed by atoms with Crippen LogP contribution in [0.4, 0.5) is 5.82 Å². The van der Waals surface area contributed by atoms with Crippen LogP contribution in [-0.4, -0.2) is 24.2 Å². The van der Waals surface area contributed by atoms with E-state index < -0.39 is 0 Å². The molecule has 1 atom stereocenters. The van der Waals surface area contributed by atoms with E-state index in [1.165, 1.54) is 0 Å². The summed E-state index contributed by atoms with van der Waals surface area (Å²) >= 11 is 6.24. The fourth-order valence-electron chi connectivity index (χ4n) is 2.63. The number of nitrogens with one attached hydrogen (secondary N) is 1. The highest BCUT2D eigenvalue weighted by Crippen LogP contribution is 2.31.